The van der Waals surface area contributed by atoms with Crippen molar-refractivity contribution in [3.63, 3.8) is 0 Å². The summed E-state index contributed by atoms with van der Waals surface area (Å²) in [6.45, 7) is 2.95. The standard InChI is InChI=1S/C24H25N3O5/c1-24-11-10-22(29)27(24)18-6-3-2-5-17(18)23(30)26(24)12-4-7-21(28)25-14-16-8-9-19-20(13-16)32-15-31-19/h2-3,5-6,8-9,13H,4,7,10-12,14-15H2,1H3,(H,25,28). The van der Waals surface area contributed by atoms with Gasteiger partial charge in [-0.05, 0) is 49.6 Å². The highest BCUT2D eigenvalue weighted by molar-refractivity contribution is 6.10. The van der Waals surface area contributed by atoms with Crippen LogP contribution in [0.25, 0.3) is 0 Å². The summed E-state index contributed by atoms with van der Waals surface area (Å²) >= 11 is 0. The summed E-state index contributed by atoms with van der Waals surface area (Å²) in [5.74, 6) is 1.25. The third-order valence-corrected chi connectivity index (χ3v) is 6.46. The Hall–Kier alpha value is -3.55. The maximum atomic E-state index is 13.2. The molecule has 0 radical (unpaired) electrons. The van der Waals surface area contributed by atoms with Crippen molar-refractivity contribution in [2.24, 2.45) is 0 Å². The lowest BCUT2D eigenvalue weighted by Crippen LogP contribution is -2.62. The average molecular weight is 435 g/mol. The summed E-state index contributed by atoms with van der Waals surface area (Å²) in [4.78, 5) is 41.7. The highest BCUT2D eigenvalue weighted by Gasteiger charge is 2.52. The van der Waals surface area contributed by atoms with Crippen LogP contribution < -0.4 is 19.7 Å². The fourth-order valence-corrected chi connectivity index (χ4v) is 4.78. The minimum atomic E-state index is -0.689. The Labute approximate surface area is 186 Å². The van der Waals surface area contributed by atoms with Crippen molar-refractivity contribution in [2.75, 3.05) is 18.2 Å². The van der Waals surface area contributed by atoms with Gasteiger partial charge in [0.15, 0.2) is 11.5 Å². The number of hydrogen-bond donors (Lipinski definition) is 1. The molecule has 2 aromatic rings. The van der Waals surface area contributed by atoms with Gasteiger partial charge in [0.1, 0.15) is 5.66 Å². The molecule has 166 valence electrons. The SMILES string of the molecule is CC12CCC(=O)N1c1ccccc1C(=O)N2CCCC(=O)NCc1ccc2c(c1)OCO2. The summed E-state index contributed by atoms with van der Waals surface area (Å²) in [5.41, 5.74) is 1.46. The second-order valence-corrected chi connectivity index (χ2v) is 8.49. The summed E-state index contributed by atoms with van der Waals surface area (Å²) in [5, 5.41) is 2.91. The van der Waals surface area contributed by atoms with E-state index in [0.717, 1.165) is 5.56 Å². The number of ether oxygens (including phenoxy) is 2. The molecule has 1 saturated heterocycles. The van der Waals surface area contributed by atoms with E-state index < -0.39 is 5.66 Å². The fourth-order valence-electron chi connectivity index (χ4n) is 4.78. The molecule has 0 aromatic heterocycles. The zero-order valence-electron chi connectivity index (χ0n) is 17.9. The number of amides is 3. The van der Waals surface area contributed by atoms with Gasteiger partial charge in [-0.2, -0.15) is 0 Å². The molecule has 0 spiro atoms. The zero-order valence-corrected chi connectivity index (χ0v) is 17.9. The van der Waals surface area contributed by atoms with E-state index in [1.807, 2.05) is 43.3 Å². The maximum Gasteiger partial charge on any atom is 0.257 e. The van der Waals surface area contributed by atoms with Crippen LogP contribution in [0.2, 0.25) is 0 Å². The lowest BCUT2D eigenvalue weighted by atomic mass is 9.98. The summed E-state index contributed by atoms with van der Waals surface area (Å²) in [6.07, 6.45) is 1.80. The molecule has 0 bridgehead atoms. The molecule has 0 aliphatic carbocycles. The number of fused-ring (bicyclic) bond motifs is 4. The topological polar surface area (TPSA) is 88.2 Å². The quantitative estimate of drug-likeness (QED) is 0.754. The predicted molar refractivity (Wildman–Crippen MR) is 116 cm³/mol. The molecular formula is C24H25N3O5. The van der Waals surface area contributed by atoms with Crippen molar-refractivity contribution in [3.05, 3.63) is 53.6 Å². The maximum absolute atomic E-state index is 13.2. The predicted octanol–water partition coefficient (Wildman–Crippen LogP) is 2.81. The molecule has 5 rings (SSSR count). The smallest absolute Gasteiger partial charge is 0.257 e. The molecule has 1 atom stereocenters. The highest BCUT2D eigenvalue weighted by Crippen LogP contribution is 2.44. The Morgan fingerprint density at radius 3 is 2.81 bits per heavy atom. The highest BCUT2D eigenvalue weighted by atomic mass is 16.7. The third kappa shape index (κ3) is 3.36. The molecule has 3 aliphatic heterocycles. The Kier molecular flexibility index (Phi) is 5.00. The molecule has 3 aliphatic rings. The first kappa shape index (κ1) is 20.4. The number of benzene rings is 2. The Morgan fingerprint density at radius 2 is 1.94 bits per heavy atom. The van der Waals surface area contributed by atoms with E-state index in [4.69, 9.17) is 9.47 Å². The first-order valence-corrected chi connectivity index (χ1v) is 10.9. The van der Waals surface area contributed by atoms with Gasteiger partial charge in [-0.15, -0.1) is 0 Å². The van der Waals surface area contributed by atoms with Gasteiger partial charge in [0.05, 0.1) is 11.3 Å². The Balaban J connectivity index is 1.20. The molecule has 1 N–H and O–H groups in total. The number of para-hydroxylation sites is 1. The van der Waals surface area contributed by atoms with E-state index in [9.17, 15) is 14.4 Å². The zero-order chi connectivity index (χ0) is 22.3. The number of hydrogen-bond acceptors (Lipinski definition) is 5. The Bertz CT molecular complexity index is 1100. The summed E-state index contributed by atoms with van der Waals surface area (Å²) < 4.78 is 10.7. The molecule has 8 nitrogen and oxygen atoms in total. The number of anilines is 1. The minimum absolute atomic E-state index is 0.0268. The molecule has 1 unspecified atom stereocenters. The van der Waals surface area contributed by atoms with Gasteiger partial charge in [-0.1, -0.05) is 18.2 Å². The summed E-state index contributed by atoms with van der Waals surface area (Å²) in [6, 6.07) is 12.8. The van der Waals surface area contributed by atoms with Crippen LogP contribution in [0.15, 0.2) is 42.5 Å². The van der Waals surface area contributed by atoms with Crippen LogP contribution in [0.3, 0.4) is 0 Å². The molecule has 8 heteroatoms. The van der Waals surface area contributed by atoms with Gasteiger partial charge < -0.3 is 19.7 Å². The van der Waals surface area contributed by atoms with E-state index in [1.54, 1.807) is 15.9 Å². The van der Waals surface area contributed by atoms with E-state index in [2.05, 4.69) is 5.32 Å². The second-order valence-electron chi connectivity index (χ2n) is 8.49. The largest absolute Gasteiger partial charge is 0.454 e. The van der Waals surface area contributed by atoms with Crippen molar-refractivity contribution >= 4 is 23.4 Å². The minimum Gasteiger partial charge on any atom is -0.454 e. The van der Waals surface area contributed by atoms with Crippen molar-refractivity contribution in [1.82, 2.24) is 10.2 Å². The number of carbonyl (C=O) groups excluding carboxylic acids is 3. The molecule has 32 heavy (non-hydrogen) atoms. The van der Waals surface area contributed by atoms with E-state index >= 15 is 0 Å². The van der Waals surface area contributed by atoms with Gasteiger partial charge >= 0.3 is 0 Å². The molecular weight excluding hydrogens is 410 g/mol. The second kappa shape index (κ2) is 7.85. The number of carbonyl (C=O) groups is 3. The van der Waals surface area contributed by atoms with Crippen LogP contribution in [0.1, 0.15) is 48.5 Å². The monoisotopic (exact) mass is 435 g/mol. The normalized spacial score (nSPS) is 20.9. The summed E-state index contributed by atoms with van der Waals surface area (Å²) in [7, 11) is 0. The fraction of sp³-hybridized carbons (Fsp3) is 0.375. The van der Waals surface area contributed by atoms with Crippen LogP contribution in [0.5, 0.6) is 11.5 Å². The number of nitrogens with one attached hydrogen (secondary N) is 1. The molecule has 3 heterocycles. The van der Waals surface area contributed by atoms with E-state index in [0.29, 0.717) is 61.5 Å². The molecule has 2 aromatic carbocycles. The van der Waals surface area contributed by atoms with Gasteiger partial charge in [-0.3, -0.25) is 19.3 Å². The molecule has 0 saturated carbocycles. The van der Waals surface area contributed by atoms with Gasteiger partial charge in [0.25, 0.3) is 5.91 Å². The van der Waals surface area contributed by atoms with Gasteiger partial charge in [0, 0.05) is 25.9 Å². The Morgan fingerprint density at radius 1 is 1.12 bits per heavy atom. The lowest BCUT2D eigenvalue weighted by Gasteiger charge is -2.48. The number of nitrogens with zero attached hydrogens (tertiary/aromatic N) is 2. The van der Waals surface area contributed by atoms with Crippen molar-refractivity contribution < 1.29 is 23.9 Å². The molecule has 1 fully saturated rings. The van der Waals surface area contributed by atoms with Crippen LogP contribution in [0.4, 0.5) is 5.69 Å². The van der Waals surface area contributed by atoms with Crippen LogP contribution in [0, 0.1) is 0 Å². The van der Waals surface area contributed by atoms with Crippen molar-refractivity contribution in [3.8, 4) is 11.5 Å². The van der Waals surface area contributed by atoms with Crippen molar-refractivity contribution in [2.45, 2.75) is 44.8 Å². The van der Waals surface area contributed by atoms with E-state index in [-0.39, 0.29) is 24.5 Å². The van der Waals surface area contributed by atoms with Gasteiger partial charge in [-0.25, -0.2) is 0 Å². The number of rotatable bonds is 6. The van der Waals surface area contributed by atoms with Crippen molar-refractivity contribution in [1.29, 1.82) is 0 Å². The third-order valence-electron chi connectivity index (χ3n) is 6.46. The van der Waals surface area contributed by atoms with Crippen LogP contribution in [-0.2, 0) is 16.1 Å². The molecule has 3 amide bonds. The first-order chi connectivity index (χ1) is 15.5. The van der Waals surface area contributed by atoms with Crippen LogP contribution >= 0.6 is 0 Å². The first-order valence-electron chi connectivity index (χ1n) is 10.9. The average Bonchev–Trinajstić information content (AvgIpc) is 3.38. The van der Waals surface area contributed by atoms with Gasteiger partial charge in [0.2, 0.25) is 18.6 Å². The van der Waals surface area contributed by atoms with Crippen LogP contribution in [-0.4, -0.2) is 41.6 Å². The van der Waals surface area contributed by atoms with E-state index in [1.165, 1.54) is 0 Å². The lowest BCUT2D eigenvalue weighted by molar-refractivity contribution is -0.121.